The predicted molar refractivity (Wildman–Crippen MR) is 91.5 cm³/mol. The number of ether oxygens (including phenoxy) is 2. The van der Waals surface area contributed by atoms with Crippen molar-refractivity contribution in [1.29, 1.82) is 0 Å². The van der Waals surface area contributed by atoms with Gasteiger partial charge in [0.15, 0.2) is 0 Å². The van der Waals surface area contributed by atoms with Gasteiger partial charge in [-0.2, -0.15) is 4.65 Å². The highest BCUT2D eigenvalue weighted by molar-refractivity contribution is 5.87. The summed E-state index contributed by atoms with van der Waals surface area (Å²) in [5.74, 6) is -0.748. The molecule has 0 aliphatic carbocycles. The average Bonchev–Trinajstić information content (AvgIpc) is 2.46. The molecule has 0 aromatic carbocycles. The van der Waals surface area contributed by atoms with Crippen molar-refractivity contribution < 1.29 is 28.6 Å². The van der Waals surface area contributed by atoms with Gasteiger partial charge in [0.2, 0.25) is 0 Å². The van der Waals surface area contributed by atoms with Crippen LogP contribution in [-0.4, -0.2) is 69.1 Å². The van der Waals surface area contributed by atoms with Gasteiger partial charge in [-0.3, -0.25) is 0 Å². The lowest BCUT2D eigenvalue weighted by atomic mass is 10.3. The lowest BCUT2D eigenvalue weighted by Gasteiger charge is -2.30. The fourth-order valence-corrected chi connectivity index (χ4v) is 1.77. The molecule has 7 heteroatoms. The zero-order valence-electron chi connectivity index (χ0n) is 15.6. The van der Waals surface area contributed by atoms with Crippen LogP contribution in [0, 0.1) is 0 Å². The van der Waals surface area contributed by atoms with Crippen LogP contribution in [0.1, 0.15) is 26.7 Å². The summed E-state index contributed by atoms with van der Waals surface area (Å²) in [4.78, 5) is 28.3. The number of hydroxylamine groups is 5. The van der Waals surface area contributed by atoms with Crippen molar-refractivity contribution in [2.45, 2.75) is 26.7 Å². The van der Waals surface area contributed by atoms with E-state index >= 15 is 0 Å². The van der Waals surface area contributed by atoms with Crippen LogP contribution < -0.4 is 0 Å². The van der Waals surface area contributed by atoms with E-state index in [4.69, 9.17) is 14.4 Å². The molecule has 7 nitrogen and oxygen atoms in total. The molecule has 0 saturated carbocycles. The first kappa shape index (κ1) is 22.3. The van der Waals surface area contributed by atoms with Crippen LogP contribution in [0.15, 0.2) is 24.3 Å². The minimum atomic E-state index is -0.376. The van der Waals surface area contributed by atoms with E-state index in [2.05, 4.69) is 13.2 Å². The van der Waals surface area contributed by atoms with Crippen LogP contribution in [0.4, 0.5) is 0 Å². The number of carbonyl (C=O) groups excluding carboxylic acids is 2. The summed E-state index contributed by atoms with van der Waals surface area (Å²) < 4.78 is 10.4. The van der Waals surface area contributed by atoms with Crippen molar-refractivity contribution in [3.8, 4) is 0 Å². The van der Waals surface area contributed by atoms with E-state index in [0.717, 1.165) is 0 Å². The molecular weight excluding hydrogens is 312 g/mol. The summed E-state index contributed by atoms with van der Waals surface area (Å²) in [5, 5.41) is 1.70. The van der Waals surface area contributed by atoms with Gasteiger partial charge >= 0.3 is 11.9 Å². The molecule has 0 aliphatic rings. The van der Waals surface area contributed by atoms with Gasteiger partial charge in [0.05, 0.1) is 13.2 Å². The number of quaternary nitrogens is 1. The molecule has 0 aliphatic heterocycles. The molecule has 0 heterocycles. The molecule has 0 aromatic rings. The maximum absolute atomic E-state index is 11.3. The zero-order chi connectivity index (χ0) is 18.8. The third-order valence-electron chi connectivity index (χ3n) is 2.98. The largest absolute Gasteiger partial charge is 0.462 e. The first-order chi connectivity index (χ1) is 11.0. The van der Waals surface area contributed by atoms with Gasteiger partial charge in [-0.15, -0.1) is 10.0 Å². The second-order valence-electron chi connectivity index (χ2n) is 6.27. The first-order valence-corrected chi connectivity index (χ1v) is 7.94. The summed E-state index contributed by atoms with van der Waals surface area (Å²) in [6, 6.07) is 0. The molecule has 0 rings (SSSR count). The lowest BCUT2D eigenvalue weighted by Crippen LogP contribution is -2.46. The summed E-state index contributed by atoms with van der Waals surface area (Å²) in [5.41, 5.74) is 0.789. The molecule has 0 fully saturated rings. The standard InChI is InChI=1S/C17H31N2O5/c1-14(2)16(20)22-12-8-10-18(5)24-19(6,7)11-9-13-23-17(21)15(3)4/h1,3,8-13H2,2,4-7H3/q+1. The van der Waals surface area contributed by atoms with Gasteiger partial charge in [-0.25, -0.2) is 9.59 Å². The van der Waals surface area contributed by atoms with Crippen molar-refractivity contribution in [2.24, 2.45) is 0 Å². The monoisotopic (exact) mass is 343 g/mol. The molecule has 0 unspecified atom stereocenters. The highest BCUT2D eigenvalue weighted by Gasteiger charge is 2.20. The summed E-state index contributed by atoms with van der Waals surface area (Å²) in [6.07, 6.45) is 1.34. The molecule has 0 bridgehead atoms. The van der Waals surface area contributed by atoms with Gasteiger partial charge < -0.3 is 9.47 Å². The van der Waals surface area contributed by atoms with E-state index in [1.54, 1.807) is 18.9 Å². The Morgan fingerprint density at radius 2 is 1.42 bits per heavy atom. The Morgan fingerprint density at radius 3 is 1.88 bits per heavy atom. The summed E-state index contributed by atoms with van der Waals surface area (Å²) >= 11 is 0. The van der Waals surface area contributed by atoms with Gasteiger partial charge in [-0.05, 0) is 20.3 Å². The first-order valence-electron chi connectivity index (χ1n) is 7.94. The average molecular weight is 343 g/mol. The van der Waals surface area contributed by atoms with Crippen LogP contribution in [0.2, 0.25) is 0 Å². The highest BCUT2D eigenvalue weighted by atomic mass is 16.9. The Bertz CT molecular complexity index is 460. The van der Waals surface area contributed by atoms with Crippen molar-refractivity contribution in [1.82, 2.24) is 5.06 Å². The molecular formula is C17H31N2O5+. The van der Waals surface area contributed by atoms with Crippen LogP contribution in [0.3, 0.4) is 0 Å². The summed E-state index contributed by atoms with van der Waals surface area (Å²) in [6.45, 7) is 12.2. The maximum Gasteiger partial charge on any atom is 0.333 e. The molecule has 0 radical (unpaired) electrons. The van der Waals surface area contributed by atoms with E-state index in [-0.39, 0.29) is 11.9 Å². The molecule has 0 saturated heterocycles. The Hall–Kier alpha value is -1.70. The van der Waals surface area contributed by atoms with Crippen LogP contribution in [0.5, 0.6) is 0 Å². The molecule has 0 spiro atoms. The minimum Gasteiger partial charge on any atom is -0.462 e. The van der Waals surface area contributed by atoms with Crippen molar-refractivity contribution in [3.63, 3.8) is 0 Å². The van der Waals surface area contributed by atoms with Gasteiger partial charge in [0.1, 0.15) is 20.6 Å². The van der Waals surface area contributed by atoms with E-state index < -0.39 is 0 Å². The molecule has 138 valence electrons. The molecule has 0 aromatic heterocycles. The van der Waals surface area contributed by atoms with Crippen LogP contribution in [0.25, 0.3) is 0 Å². The normalized spacial score (nSPS) is 11.2. The highest BCUT2D eigenvalue weighted by Crippen LogP contribution is 2.05. The van der Waals surface area contributed by atoms with E-state index in [9.17, 15) is 9.59 Å². The fraction of sp³-hybridized carbons (Fsp3) is 0.647. The second kappa shape index (κ2) is 11.0. The maximum atomic E-state index is 11.3. The van der Waals surface area contributed by atoms with E-state index in [1.807, 2.05) is 21.1 Å². The van der Waals surface area contributed by atoms with Crippen molar-refractivity contribution >= 4 is 11.9 Å². The quantitative estimate of drug-likeness (QED) is 0.177. The number of nitrogens with zero attached hydrogens (tertiary/aromatic N) is 2. The number of rotatable bonds is 12. The Morgan fingerprint density at radius 1 is 0.958 bits per heavy atom. The van der Waals surface area contributed by atoms with Crippen molar-refractivity contribution in [3.05, 3.63) is 24.3 Å². The molecule has 0 atom stereocenters. The molecule has 24 heavy (non-hydrogen) atoms. The minimum absolute atomic E-state index is 0.298. The molecule has 0 amide bonds. The van der Waals surface area contributed by atoms with Gasteiger partial charge in [0, 0.05) is 31.2 Å². The van der Waals surface area contributed by atoms with Gasteiger partial charge in [-0.1, -0.05) is 13.2 Å². The lowest BCUT2D eigenvalue weighted by molar-refractivity contribution is -1.10. The Labute approximate surface area is 145 Å². The number of hydrogen-bond acceptors (Lipinski definition) is 6. The number of carbonyl (C=O) groups is 2. The second-order valence-corrected chi connectivity index (χ2v) is 6.27. The van der Waals surface area contributed by atoms with E-state index in [0.29, 0.717) is 54.9 Å². The molecule has 0 N–H and O–H groups in total. The smallest absolute Gasteiger partial charge is 0.333 e. The topological polar surface area (TPSA) is 65.1 Å². The Kier molecular flexibility index (Phi) is 10.2. The van der Waals surface area contributed by atoms with Crippen LogP contribution in [-0.2, 0) is 24.0 Å². The summed E-state index contributed by atoms with van der Waals surface area (Å²) in [7, 11) is 5.65. The number of hydrogen-bond donors (Lipinski definition) is 0. The van der Waals surface area contributed by atoms with Crippen LogP contribution >= 0.6 is 0 Å². The Balaban J connectivity index is 3.90. The van der Waals surface area contributed by atoms with Gasteiger partial charge in [0.25, 0.3) is 0 Å². The number of esters is 2. The third-order valence-corrected chi connectivity index (χ3v) is 2.98. The predicted octanol–water partition coefficient (Wildman–Crippen LogP) is 1.86. The third kappa shape index (κ3) is 10.9. The van der Waals surface area contributed by atoms with Crippen molar-refractivity contribution in [2.75, 3.05) is 47.4 Å². The van der Waals surface area contributed by atoms with E-state index in [1.165, 1.54) is 0 Å². The fourth-order valence-electron chi connectivity index (χ4n) is 1.77. The SMILES string of the molecule is C=C(C)C(=O)OCCCN(C)O[N+](C)(C)CCCOC(=O)C(=C)C. The zero-order valence-corrected chi connectivity index (χ0v) is 15.6.